The number of carbonyl (C=O) groups is 1. The van der Waals surface area contributed by atoms with Crippen LogP contribution in [0.4, 0.5) is 0 Å². The largest absolute Gasteiger partial charge is 0.376 e. The van der Waals surface area contributed by atoms with Gasteiger partial charge in [0.15, 0.2) is 0 Å². The Bertz CT molecular complexity index is 447. The first-order valence-electron chi connectivity index (χ1n) is 6.42. The van der Waals surface area contributed by atoms with Gasteiger partial charge in [-0.15, -0.1) is 11.8 Å². The summed E-state index contributed by atoms with van der Waals surface area (Å²) in [5.41, 5.74) is 1.19. The minimum absolute atomic E-state index is 0.0721. The van der Waals surface area contributed by atoms with Crippen LogP contribution in [0, 0.1) is 6.92 Å². The number of hydrogen-bond donors (Lipinski definition) is 1. The lowest BCUT2D eigenvalue weighted by Gasteiger charge is -2.11. The molecule has 1 N–H and O–H groups in total. The molecule has 0 bridgehead atoms. The Morgan fingerprint density at radius 3 is 3.11 bits per heavy atom. The zero-order valence-electron chi connectivity index (χ0n) is 10.9. The van der Waals surface area contributed by atoms with E-state index in [2.05, 4.69) is 34.2 Å². The van der Waals surface area contributed by atoms with Gasteiger partial charge in [0.1, 0.15) is 0 Å². The molecule has 1 aliphatic rings. The number of halogens is 1. The van der Waals surface area contributed by atoms with E-state index in [1.807, 2.05) is 12.1 Å². The fourth-order valence-electron chi connectivity index (χ4n) is 2.00. The van der Waals surface area contributed by atoms with Crippen LogP contribution in [0.15, 0.2) is 27.6 Å². The van der Waals surface area contributed by atoms with Gasteiger partial charge in [-0.05, 0) is 43.5 Å². The normalized spacial score (nSPS) is 18.5. The first-order valence-corrected chi connectivity index (χ1v) is 8.20. The molecule has 1 aromatic carbocycles. The van der Waals surface area contributed by atoms with Crippen molar-refractivity contribution in [1.82, 2.24) is 5.32 Å². The average molecular weight is 344 g/mol. The van der Waals surface area contributed by atoms with E-state index in [9.17, 15) is 4.79 Å². The second-order valence-electron chi connectivity index (χ2n) is 4.64. The summed E-state index contributed by atoms with van der Waals surface area (Å²) in [5.74, 6) is 0.526. The summed E-state index contributed by atoms with van der Waals surface area (Å²) in [5, 5.41) is 2.93. The Morgan fingerprint density at radius 1 is 1.58 bits per heavy atom. The number of carbonyl (C=O) groups excluding carboxylic acids is 1. The molecular formula is C14H18BrNO2S. The molecule has 1 fully saturated rings. The van der Waals surface area contributed by atoms with Gasteiger partial charge in [0.05, 0.1) is 11.9 Å². The van der Waals surface area contributed by atoms with Crippen LogP contribution in [0.1, 0.15) is 18.4 Å². The van der Waals surface area contributed by atoms with E-state index < -0.39 is 0 Å². The monoisotopic (exact) mass is 343 g/mol. The summed E-state index contributed by atoms with van der Waals surface area (Å²) in [7, 11) is 0. The number of hydrogen-bond acceptors (Lipinski definition) is 3. The third-order valence-corrected chi connectivity index (χ3v) is 4.72. The Morgan fingerprint density at radius 2 is 2.42 bits per heavy atom. The van der Waals surface area contributed by atoms with Crippen molar-refractivity contribution in [2.45, 2.75) is 30.8 Å². The number of rotatable bonds is 5. The summed E-state index contributed by atoms with van der Waals surface area (Å²) in [4.78, 5) is 12.9. The predicted molar refractivity (Wildman–Crippen MR) is 81.6 cm³/mol. The summed E-state index contributed by atoms with van der Waals surface area (Å²) < 4.78 is 6.54. The lowest BCUT2D eigenvalue weighted by molar-refractivity contribution is -0.119. The van der Waals surface area contributed by atoms with E-state index in [1.54, 1.807) is 11.8 Å². The van der Waals surface area contributed by atoms with E-state index >= 15 is 0 Å². The van der Waals surface area contributed by atoms with Gasteiger partial charge in [0.25, 0.3) is 0 Å². The molecule has 1 saturated heterocycles. The van der Waals surface area contributed by atoms with Gasteiger partial charge in [-0.25, -0.2) is 0 Å². The van der Waals surface area contributed by atoms with Crippen LogP contribution in [-0.2, 0) is 9.53 Å². The van der Waals surface area contributed by atoms with E-state index in [4.69, 9.17) is 4.74 Å². The van der Waals surface area contributed by atoms with Crippen LogP contribution in [0.3, 0.4) is 0 Å². The minimum Gasteiger partial charge on any atom is -0.376 e. The van der Waals surface area contributed by atoms with E-state index in [1.165, 1.54) is 5.56 Å². The van der Waals surface area contributed by atoms with Crippen molar-refractivity contribution in [1.29, 1.82) is 0 Å². The number of aryl methyl sites for hydroxylation is 1. The van der Waals surface area contributed by atoms with Gasteiger partial charge >= 0.3 is 0 Å². The molecule has 0 aromatic heterocycles. The summed E-state index contributed by atoms with van der Waals surface area (Å²) in [6.45, 7) is 3.52. The Balaban J connectivity index is 1.73. The molecule has 5 heteroatoms. The molecule has 1 atom stereocenters. The Kier molecular flexibility index (Phi) is 5.73. The smallest absolute Gasteiger partial charge is 0.230 e. The molecule has 0 aliphatic carbocycles. The first-order chi connectivity index (χ1) is 9.15. The number of thioether (sulfide) groups is 1. The van der Waals surface area contributed by atoms with Crippen molar-refractivity contribution in [3.63, 3.8) is 0 Å². The predicted octanol–water partition coefficient (Wildman–Crippen LogP) is 3.14. The molecule has 1 heterocycles. The van der Waals surface area contributed by atoms with E-state index in [0.717, 1.165) is 28.8 Å². The van der Waals surface area contributed by atoms with Gasteiger partial charge in [-0.3, -0.25) is 4.79 Å². The van der Waals surface area contributed by atoms with Crippen LogP contribution in [0.2, 0.25) is 0 Å². The molecule has 3 nitrogen and oxygen atoms in total. The molecule has 2 rings (SSSR count). The van der Waals surface area contributed by atoms with Crippen molar-refractivity contribution in [2.24, 2.45) is 0 Å². The molecule has 0 radical (unpaired) electrons. The molecule has 0 spiro atoms. The fraction of sp³-hybridized carbons (Fsp3) is 0.500. The summed E-state index contributed by atoms with van der Waals surface area (Å²) >= 11 is 5.01. The highest BCUT2D eigenvalue weighted by molar-refractivity contribution is 9.10. The SMILES string of the molecule is Cc1cc(Br)ccc1SCC(=O)NCC1CCCO1. The van der Waals surface area contributed by atoms with Gasteiger partial charge in [0, 0.05) is 22.5 Å². The van der Waals surface area contributed by atoms with Crippen molar-refractivity contribution < 1.29 is 9.53 Å². The van der Waals surface area contributed by atoms with Crippen molar-refractivity contribution in [3.05, 3.63) is 28.2 Å². The quantitative estimate of drug-likeness (QED) is 0.834. The maximum Gasteiger partial charge on any atom is 0.230 e. The highest BCUT2D eigenvalue weighted by Gasteiger charge is 2.16. The van der Waals surface area contributed by atoms with Crippen LogP contribution in [-0.4, -0.2) is 30.9 Å². The summed E-state index contributed by atoms with van der Waals surface area (Å²) in [6.07, 6.45) is 2.37. The zero-order chi connectivity index (χ0) is 13.7. The number of ether oxygens (including phenoxy) is 1. The van der Waals surface area contributed by atoms with Gasteiger partial charge in [-0.2, -0.15) is 0 Å². The van der Waals surface area contributed by atoms with Crippen LogP contribution in [0.5, 0.6) is 0 Å². The van der Waals surface area contributed by atoms with Gasteiger partial charge in [0.2, 0.25) is 5.91 Å². The van der Waals surface area contributed by atoms with Gasteiger partial charge in [-0.1, -0.05) is 15.9 Å². The maximum absolute atomic E-state index is 11.8. The molecule has 1 amide bonds. The van der Waals surface area contributed by atoms with Crippen LogP contribution in [0.25, 0.3) is 0 Å². The number of amides is 1. The van der Waals surface area contributed by atoms with Gasteiger partial charge < -0.3 is 10.1 Å². The van der Waals surface area contributed by atoms with Crippen LogP contribution >= 0.6 is 27.7 Å². The van der Waals surface area contributed by atoms with E-state index in [-0.39, 0.29) is 12.0 Å². The van der Waals surface area contributed by atoms with Crippen molar-refractivity contribution in [3.8, 4) is 0 Å². The van der Waals surface area contributed by atoms with Crippen LogP contribution < -0.4 is 5.32 Å². The van der Waals surface area contributed by atoms with Crippen molar-refractivity contribution in [2.75, 3.05) is 18.9 Å². The van der Waals surface area contributed by atoms with E-state index in [0.29, 0.717) is 12.3 Å². The first kappa shape index (κ1) is 14.9. The summed E-state index contributed by atoms with van der Waals surface area (Å²) in [6, 6.07) is 6.10. The minimum atomic E-state index is 0.0721. The number of nitrogens with one attached hydrogen (secondary N) is 1. The number of benzene rings is 1. The Hall–Kier alpha value is -0.520. The maximum atomic E-state index is 11.8. The van der Waals surface area contributed by atoms with Crippen molar-refractivity contribution >= 4 is 33.6 Å². The molecule has 1 unspecified atom stereocenters. The fourth-order valence-corrected chi connectivity index (χ4v) is 3.32. The zero-order valence-corrected chi connectivity index (χ0v) is 13.4. The lowest BCUT2D eigenvalue weighted by Crippen LogP contribution is -2.32. The highest BCUT2D eigenvalue weighted by Crippen LogP contribution is 2.25. The second-order valence-corrected chi connectivity index (χ2v) is 6.57. The molecular weight excluding hydrogens is 326 g/mol. The molecule has 1 aromatic rings. The third kappa shape index (κ3) is 4.82. The second kappa shape index (κ2) is 7.31. The molecule has 1 aliphatic heterocycles. The highest BCUT2D eigenvalue weighted by atomic mass is 79.9. The topological polar surface area (TPSA) is 38.3 Å². The third-order valence-electron chi connectivity index (χ3n) is 3.05. The molecule has 104 valence electrons. The lowest BCUT2D eigenvalue weighted by atomic mass is 10.2. The average Bonchev–Trinajstić information content (AvgIpc) is 2.88. The molecule has 0 saturated carbocycles. The Labute approximate surface area is 126 Å². The standard InChI is InChI=1S/C14H18BrNO2S/c1-10-7-11(15)4-5-13(10)19-9-14(17)16-8-12-3-2-6-18-12/h4-5,7,12H,2-3,6,8-9H2,1H3,(H,16,17). The molecule has 19 heavy (non-hydrogen) atoms.